The molecule has 2 saturated carbocycles. The summed E-state index contributed by atoms with van der Waals surface area (Å²) >= 11 is 14.2. The molecule has 0 saturated heterocycles. The van der Waals surface area contributed by atoms with Crippen molar-refractivity contribution in [2.24, 2.45) is 11.8 Å². The standard InChI is InChI=1S/C27H24Cl2N2O5S/c1-13-18(24(31-36-13)23-19(28)3-2-4-20(23)29)12-35-17-10-15-6-7-16(11-17)27(15,34)26-30-21-8-5-14(25(32)33)9-22(21)37-26/h2-5,8-9,15-17,34H,6-7,10-12H2,1H3,(H,32,33)/t15-,16+,17+,27-. The zero-order chi connectivity index (χ0) is 25.9. The van der Waals surface area contributed by atoms with Crippen molar-refractivity contribution >= 4 is 50.7 Å². The van der Waals surface area contributed by atoms with E-state index in [1.807, 2.05) is 6.92 Å². The molecule has 2 N–H and O–H groups in total. The highest BCUT2D eigenvalue weighted by Gasteiger charge is 2.56. The smallest absolute Gasteiger partial charge is 0.335 e. The Morgan fingerprint density at radius 3 is 2.57 bits per heavy atom. The summed E-state index contributed by atoms with van der Waals surface area (Å²) in [4.78, 5) is 16.1. The summed E-state index contributed by atoms with van der Waals surface area (Å²) in [7, 11) is 0. The zero-order valence-electron chi connectivity index (χ0n) is 19.9. The number of hydrogen-bond acceptors (Lipinski definition) is 7. The van der Waals surface area contributed by atoms with E-state index in [-0.39, 0.29) is 23.5 Å². The van der Waals surface area contributed by atoms with Gasteiger partial charge in [-0.2, -0.15) is 0 Å². The second-order valence-electron chi connectivity index (χ2n) is 9.87. The van der Waals surface area contributed by atoms with Gasteiger partial charge in [0.2, 0.25) is 0 Å². The Morgan fingerprint density at radius 2 is 1.89 bits per heavy atom. The Hall–Kier alpha value is -2.49. The molecule has 2 aromatic heterocycles. The molecule has 2 bridgehead atoms. The molecule has 2 aliphatic rings. The van der Waals surface area contributed by atoms with Crippen molar-refractivity contribution in [1.82, 2.24) is 10.1 Å². The van der Waals surface area contributed by atoms with Gasteiger partial charge in [-0.15, -0.1) is 11.3 Å². The molecular weight excluding hydrogens is 535 g/mol. The topological polar surface area (TPSA) is 106 Å². The molecule has 192 valence electrons. The number of carboxylic acid groups (broad SMARTS) is 1. The maximum atomic E-state index is 11.9. The summed E-state index contributed by atoms with van der Waals surface area (Å²) in [6.07, 6.45) is 3.16. The molecule has 6 rings (SSSR count). The van der Waals surface area contributed by atoms with Crippen molar-refractivity contribution < 1.29 is 24.3 Å². The van der Waals surface area contributed by atoms with E-state index in [4.69, 9.17) is 37.4 Å². The van der Waals surface area contributed by atoms with Crippen LogP contribution in [0.15, 0.2) is 40.9 Å². The van der Waals surface area contributed by atoms with Crippen LogP contribution < -0.4 is 0 Å². The second kappa shape index (κ2) is 9.36. The lowest BCUT2D eigenvalue weighted by Gasteiger charge is -2.41. The van der Waals surface area contributed by atoms with Crippen LogP contribution in [-0.2, 0) is 16.9 Å². The predicted molar refractivity (Wildman–Crippen MR) is 141 cm³/mol. The van der Waals surface area contributed by atoms with Gasteiger partial charge in [-0.05, 0) is 74.8 Å². The number of halogens is 2. The number of aryl methyl sites for hydroxylation is 1. The first-order valence-electron chi connectivity index (χ1n) is 12.1. The molecule has 2 aliphatic carbocycles. The number of carbonyl (C=O) groups is 1. The van der Waals surface area contributed by atoms with Crippen molar-refractivity contribution in [2.75, 3.05) is 0 Å². The average Bonchev–Trinajstić information content (AvgIpc) is 3.49. The van der Waals surface area contributed by atoms with Crippen molar-refractivity contribution in [3.8, 4) is 11.3 Å². The first-order chi connectivity index (χ1) is 17.8. The third-order valence-corrected chi connectivity index (χ3v) is 9.62. The Labute approximate surface area is 227 Å². The molecule has 2 fully saturated rings. The summed E-state index contributed by atoms with van der Waals surface area (Å²) in [6, 6.07) is 10.2. The minimum absolute atomic E-state index is 0.0109. The van der Waals surface area contributed by atoms with Crippen molar-refractivity contribution in [3.63, 3.8) is 0 Å². The average molecular weight is 559 g/mol. The van der Waals surface area contributed by atoms with E-state index in [2.05, 4.69) is 5.16 Å². The Morgan fingerprint density at radius 1 is 1.19 bits per heavy atom. The number of aliphatic hydroxyl groups is 1. The first-order valence-corrected chi connectivity index (χ1v) is 13.7. The second-order valence-corrected chi connectivity index (χ2v) is 11.7. The fraction of sp³-hybridized carbons (Fsp3) is 0.370. The van der Waals surface area contributed by atoms with Gasteiger partial charge in [0.25, 0.3) is 0 Å². The number of nitrogens with zero attached hydrogens (tertiary/aromatic N) is 2. The van der Waals surface area contributed by atoms with Crippen LogP contribution in [0.5, 0.6) is 0 Å². The predicted octanol–water partition coefficient (Wildman–Crippen LogP) is 6.86. The third kappa shape index (κ3) is 4.15. The summed E-state index contributed by atoms with van der Waals surface area (Å²) in [6.45, 7) is 2.14. The van der Waals surface area contributed by atoms with E-state index in [9.17, 15) is 15.0 Å². The normalized spacial score (nSPS) is 25.1. The number of carboxylic acids is 1. The highest BCUT2D eigenvalue weighted by atomic mass is 35.5. The van der Waals surface area contributed by atoms with Gasteiger partial charge in [-0.3, -0.25) is 0 Å². The number of thiazole rings is 1. The Balaban J connectivity index is 1.21. The van der Waals surface area contributed by atoms with E-state index in [1.165, 1.54) is 11.3 Å². The molecule has 0 unspecified atom stereocenters. The van der Waals surface area contributed by atoms with Crippen LogP contribution in [0.2, 0.25) is 10.0 Å². The van der Waals surface area contributed by atoms with Crippen molar-refractivity contribution in [3.05, 3.63) is 68.3 Å². The molecule has 2 heterocycles. The fourth-order valence-corrected chi connectivity index (χ4v) is 7.73. The van der Waals surface area contributed by atoms with E-state index in [1.54, 1.807) is 36.4 Å². The van der Waals surface area contributed by atoms with Gasteiger partial charge in [0.15, 0.2) is 0 Å². The SMILES string of the molecule is Cc1onc(-c2c(Cl)cccc2Cl)c1CO[C@H]1C[C@H]2CC[C@@H](C1)[C@@]2(O)c1nc2ccc(C(=O)O)cc2s1. The Kier molecular flexibility index (Phi) is 6.28. The number of aromatic carboxylic acids is 1. The molecular formula is C27H24Cl2N2O5S. The van der Waals surface area contributed by atoms with E-state index < -0.39 is 11.6 Å². The maximum absolute atomic E-state index is 11.9. The van der Waals surface area contributed by atoms with Crippen molar-refractivity contribution in [2.45, 2.75) is 50.9 Å². The maximum Gasteiger partial charge on any atom is 0.335 e. The lowest BCUT2D eigenvalue weighted by molar-refractivity contribution is -0.116. The molecule has 37 heavy (non-hydrogen) atoms. The van der Waals surface area contributed by atoms with Crippen LogP contribution in [0.3, 0.4) is 0 Å². The van der Waals surface area contributed by atoms with E-state index >= 15 is 0 Å². The van der Waals surface area contributed by atoms with Gasteiger partial charge in [0, 0.05) is 11.1 Å². The van der Waals surface area contributed by atoms with Gasteiger partial charge in [-0.25, -0.2) is 9.78 Å². The minimum atomic E-state index is -1.03. The van der Waals surface area contributed by atoms with Gasteiger partial charge in [-0.1, -0.05) is 34.4 Å². The highest BCUT2D eigenvalue weighted by molar-refractivity contribution is 7.18. The summed E-state index contributed by atoms with van der Waals surface area (Å²) in [5, 5.41) is 27.1. The largest absolute Gasteiger partial charge is 0.478 e. The van der Waals surface area contributed by atoms with Crippen molar-refractivity contribution in [1.29, 1.82) is 0 Å². The molecule has 0 aliphatic heterocycles. The summed E-state index contributed by atoms with van der Waals surface area (Å²) in [5.41, 5.74) is 1.92. The van der Waals surface area contributed by atoms with Gasteiger partial charge < -0.3 is 19.5 Å². The van der Waals surface area contributed by atoms with Crippen LogP contribution in [-0.4, -0.2) is 32.4 Å². The number of rotatable bonds is 6. The van der Waals surface area contributed by atoms with Crippen LogP contribution in [0.25, 0.3) is 21.5 Å². The minimum Gasteiger partial charge on any atom is -0.478 e. The number of fused-ring (bicyclic) bond motifs is 3. The monoisotopic (exact) mass is 558 g/mol. The van der Waals surface area contributed by atoms with Crippen LogP contribution in [0.4, 0.5) is 0 Å². The van der Waals surface area contributed by atoms with E-state index in [0.29, 0.717) is 57.0 Å². The van der Waals surface area contributed by atoms with Crippen LogP contribution in [0, 0.1) is 18.8 Å². The molecule has 4 atom stereocenters. The van der Waals surface area contributed by atoms with Gasteiger partial charge >= 0.3 is 5.97 Å². The number of hydrogen-bond donors (Lipinski definition) is 2. The van der Waals surface area contributed by atoms with Gasteiger partial charge in [0.05, 0.1) is 38.5 Å². The summed E-state index contributed by atoms with van der Waals surface area (Å²) in [5.74, 6) is -0.304. The van der Waals surface area contributed by atoms with Gasteiger partial charge in [0.1, 0.15) is 22.1 Å². The molecule has 7 nitrogen and oxygen atoms in total. The fourth-order valence-electron chi connectivity index (χ4n) is 5.90. The van der Waals surface area contributed by atoms with Crippen LogP contribution in [0.1, 0.15) is 52.4 Å². The Bertz CT molecular complexity index is 1480. The quantitative estimate of drug-likeness (QED) is 0.266. The lowest BCUT2D eigenvalue weighted by Crippen LogP contribution is -2.44. The number of aromatic nitrogens is 2. The van der Waals surface area contributed by atoms with E-state index in [0.717, 1.165) is 23.1 Å². The van der Waals surface area contributed by atoms with Crippen LogP contribution >= 0.6 is 34.5 Å². The lowest BCUT2D eigenvalue weighted by atomic mass is 9.73. The zero-order valence-corrected chi connectivity index (χ0v) is 22.2. The number of benzene rings is 2. The number of ether oxygens (including phenoxy) is 1. The molecule has 10 heteroatoms. The summed E-state index contributed by atoms with van der Waals surface area (Å²) < 4.78 is 12.6. The molecule has 0 radical (unpaired) electrons. The first kappa shape index (κ1) is 24.8. The third-order valence-electron chi connectivity index (χ3n) is 7.83. The highest BCUT2D eigenvalue weighted by Crippen LogP contribution is 2.56. The molecule has 0 amide bonds. The molecule has 4 aromatic rings. The molecule has 2 aromatic carbocycles. The molecule has 0 spiro atoms.